The number of likely N-dealkylation sites (tertiary alicyclic amines) is 1. The lowest BCUT2D eigenvalue weighted by molar-refractivity contribution is -0.157. The van der Waals surface area contributed by atoms with E-state index in [9.17, 15) is 24.2 Å². The smallest absolute Gasteiger partial charge is 0.305 e. The van der Waals surface area contributed by atoms with Crippen molar-refractivity contribution in [1.82, 2.24) is 25.4 Å². The summed E-state index contributed by atoms with van der Waals surface area (Å²) in [4.78, 5) is 31.6. The molecule has 10 nitrogen and oxygen atoms in total. The van der Waals surface area contributed by atoms with E-state index >= 15 is 0 Å². The van der Waals surface area contributed by atoms with Gasteiger partial charge in [-0.05, 0) is 61.6 Å². The first kappa shape index (κ1) is 33.0. The van der Waals surface area contributed by atoms with Gasteiger partial charge in [0.25, 0.3) is 5.91 Å². The summed E-state index contributed by atoms with van der Waals surface area (Å²) >= 11 is 2.65. The number of phenolic OH excluding ortho intramolecular Hbond substituents is 1. The second kappa shape index (κ2) is 14.4. The van der Waals surface area contributed by atoms with E-state index in [1.165, 1.54) is 6.07 Å². The number of amides is 1. The van der Waals surface area contributed by atoms with Crippen molar-refractivity contribution in [2.45, 2.75) is 62.7 Å². The molecular formula is C33H42FN5O5S2. The minimum absolute atomic E-state index is 0.0289. The number of carbonyl (C=O) groups is 1. The number of hydrogen-bond donors (Lipinski definition) is 5. The number of ether oxygens (including phenoxy) is 1. The van der Waals surface area contributed by atoms with Gasteiger partial charge in [0.05, 0.1) is 34.9 Å². The first-order chi connectivity index (χ1) is 22.2. The number of fused-ring (bicyclic) bond motifs is 1. The van der Waals surface area contributed by atoms with Crippen molar-refractivity contribution in [1.29, 1.82) is 0 Å². The Morgan fingerprint density at radius 2 is 2.02 bits per heavy atom. The Labute approximate surface area is 276 Å². The van der Waals surface area contributed by atoms with E-state index < -0.39 is 6.10 Å². The highest BCUT2D eigenvalue weighted by molar-refractivity contribution is 8.03. The number of morpholine rings is 1. The molecule has 0 aliphatic carbocycles. The van der Waals surface area contributed by atoms with Gasteiger partial charge in [-0.25, -0.2) is 4.39 Å². The molecule has 2 saturated heterocycles. The first-order valence-corrected chi connectivity index (χ1v) is 17.8. The number of H-pyrrole nitrogens is 1. The normalized spacial score (nSPS) is 20.6. The fourth-order valence-corrected chi connectivity index (χ4v) is 8.56. The summed E-state index contributed by atoms with van der Waals surface area (Å²) < 4.78 is 21.5. The molecule has 3 aromatic rings. The molecule has 1 spiro atoms. The van der Waals surface area contributed by atoms with E-state index in [1.807, 2.05) is 16.4 Å². The van der Waals surface area contributed by atoms with Gasteiger partial charge < -0.3 is 35.5 Å². The fourth-order valence-electron chi connectivity index (χ4n) is 6.61. The van der Waals surface area contributed by atoms with Crippen LogP contribution in [0.1, 0.15) is 55.4 Å². The molecule has 248 valence electrons. The van der Waals surface area contributed by atoms with Crippen molar-refractivity contribution in [3.63, 3.8) is 0 Å². The number of aliphatic hydroxyl groups excluding tert-OH is 1. The second-order valence-electron chi connectivity index (χ2n) is 12.5. The number of nitrogens with zero attached hydrogens (tertiary/aromatic N) is 2. The molecule has 3 aliphatic rings. The van der Waals surface area contributed by atoms with Crippen LogP contribution in [0, 0.1) is 5.82 Å². The molecule has 0 saturated carbocycles. The maximum absolute atomic E-state index is 14.6. The number of piperidine rings is 1. The molecule has 46 heavy (non-hydrogen) atoms. The molecular weight excluding hydrogens is 630 g/mol. The molecule has 1 aromatic heterocycles. The highest BCUT2D eigenvalue weighted by atomic mass is 32.2. The predicted octanol–water partition coefficient (Wildman–Crippen LogP) is 3.80. The van der Waals surface area contributed by atoms with E-state index in [0.717, 1.165) is 61.2 Å². The highest BCUT2D eigenvalue weighted by Gasteiger charge is 2.42. The summed E-state index contributed by atoms with van der Waals surface area (Å²) in [6, 6.07) is 8.26. The van der Waals surface area contributed by atoms with E-state index in [-0.39, 0.29) is 39.9 Å². The Balaban J connectivity index is 0.975. The van der Waals surface area contributed by atoms with E-state index in [2.05, 4.69) is 27.4 Å². The van der Waals surface area contributed by atoms with E-state index in [4.69, 9.17) is 4.74 Å². The molecule has 2 fully saturated rings. The van der Waals surface area contributed by atoms with Gasteiger partial charge >= 0.3 is 4.87 Å². The monoisotopic (exact) mass is 671 g/mol. The van der Waals surface area contributed by atoms with Gasteiger partial charge in [0.1, 0.15) is 22.8 Å². The van der Waals surface area contributed by atoms with Crippen molar-refractivity contribution < 1.29 is 24.1 Å². The quantitative estimate of drug-likeness (QED) is 0.193. The zero-order valence-electron chi connectivity index (χ0n) is 26.0. The van der Waals surface area contributed by atoms with Crippen LogP contribution < -0.4 is 15.5 Å². The lowest BCUT2D eigenvalue weighted by Gasteiger charge is -2.47. The Morgan fingerprint density at radius 3 is 2.83 bits per heavy atom. The lowest BCUT2D eigenvalue weighted by atomic mass is 9.89. The van der Waals surface area contributed by atoms with Crippen molar-refractivity contribution in [2.24, 2.45) is 0 Å². The maximum Gasteiger partial charge on any atom is 0.305 e. The van der Waals surface area contributed by atoms with Gasteiger partial charge in [0, 0.05) is 43.7 Å². The Bertz CT molecular complexity index is 1640. The molecule has 0 bridgehead atoms. The van der Waals surface area contributed by atoms with Gasteiger partial charge in [0.15, 0.2) is 0 Å². The third-order valence-corrected chi connectivity index (χ3v) is 11.0. The number of aromatic amines is 1. The summed E-state index contributed by atoms with van der Waals surface area (Å²) in [6.07, 6.45) is 3.45. The Morgan fingerprint density at radius 1 is 1.22 bits per heavy atom. The number of halogens is 1. The maximum atomic E-state index is 14.6. The Hall–Kier alpha value is -2.94. The van der Waals surface area contributed by atoms with E-state index in [1.54, 1.807) is 30.0 Å². The number of phenols is 1. The van der Waals surface area contributed by atoms with Crippen LogP contribution in [0.5, 0.6) is 5.75 Å². The van der Waals surface area contributed by atoms with Crippen LogP contribution >= 0.6 is 23.1 Å². The van der Waals surface area contributed by atoms with Crippen LogP contribution in [0.4, 0.5) is 4.39 Å². The number of carbonyl (C=O) groups excluding carboxylic acids is 1. The highest BCUT2D eigenvalue weighted by Crippen LogP contribution is 2.33. The number of rotatable bonds is 11. The first-order valence-electron chi connectivity index (χ1n) is 16.0. The molecule has 6 rings (SSSR count). The largest absolute Gasteiger partial charge is 0.506 e. The molecule has 5 N–H and O–H groups in total. The number of aromatic nitrogens is 1. The number of aliphatic hydroxyl groups is 1. The molecule has 0 radical (unpaired) electrons. The summed E-state index contributed by atoms with van der Waals surface area (Å²) in [7, 11) is 0. The van der Waals surface area contributed by atoms with Gasteiger partial charge in [-0.2, -0.15) is 0 Å². The number of thiazole rings is 1. The van der Waals surface area contributed by atoms with Crippen LogP contribution in [0.25, 0.3) is 10.2 Å². The summed E-state index contributed by atoms with van der Waals surface area (Å²) in [5.41, 5.74) is 3.05. The van der Waals surface area contributed by atoms with Crippen LogP contribution in [-0.4, -0.2) is 87.8 Å². The SMILES string of the molecule is CCCC1NC(C(=O)N2CCOC3(CCN(Cc4cc(F)cc(CCNC[C@H](O)c5ccc(O)c6[nH]c(=O)sc56)c4)CC3)C2)=CS1. The predicted molar refractivity (Wildman–Crippen MR) is 179 cm³/mol. The Kier molecular flexibility index (Phi) is 10.4. The van der Waals surface area contributed by atoms with Crippen molar-refractivity contribution in [3.8, 4) is 5.75 Å². The average Bonchev–Trinajstić information content (AvgIpc) is 3.67. The van der Waals surface area contributed by atoms with Crippen LogP contribution in [0.15, 0.2) is 46.2 Å². The average molecular weight is 672 g/mol. The summed E-state index contributed by atoms with van der Waals surface area (Å²) in [5.74, 6) is -0.239. The third kappa shape index (κ3) is 7.61. The minimum atomic E-state index is -0.869. The number of aromatic hydroxyl groups is 1. The number of hydrogen-bond acceptors (Lipinski definition) is 10. The van der Waals surface area contributed by atoms with Crippen molar-refractivity contribution >= 4 is 39.2 Å². The number of benzene rings is 2. The molecule has 1 unspecified atom stereocenters. The van der Waals surface area contributed by atoms with Crippen LogP contribution in [0.2, 0.25) is 0 Å². The van der Waals surface area contributed by atoms with Gasteiger partial charge in [-0.15, -0.1) is 11.8 Å². The molecule has 3 aliphatic heterocycles. The standard InChI is InChI=1S/C33H42FN5O5S2/c1-2-3-28-36-25(19-45-28)31(42)39-12-13-44-33(20-39)7-10-38(11-8-33)18-22-14-21(15-23(34)16-22)6-9-35-17-27(41)24-4-5-26(40)29-30(24)46-32(43)37-29/h4-5,14-16,19,27-28,35-36,40-41H,2-3,6-13,17-18,20H2,1H3,(H,37,43)/t27-,28?/m0/s1. The fraction of sp³-hybridized carbons (Fsp3) is 0.515. The van der Waals surface area contributed by atoms with Gasteiger partial charge in [-0.3, -0.25) is 14.5 Å². The zero-order valence-corrected chi connectivity index (χ0v) is 27.7. The van der Waals surface area contributed by atoms with Crippen molar-refractivity contribution in [3.05, 3.63) is 73.6 Å². The van der Waals surface area contributed by atoms with E-state index in [0.29, 0.717) is 60.7 Å². The molecule has 2 aromatic carbocycles. The molecule has 2 atom stereocenters. The van der Waals surface area contributed by atoms with Crippen LogP contribution in [0.3, 0.4) is 0 Å². The lowest BCUT2D eigenvalue weighted by Crippen LogP contribution is -2.58. The number of nitrogens with one attached hydrogen (secondary N) is 3. The minimum Gasteiger partial charge on any atom is -0.506 e. The van der Waals surface area contributed by atoms with Crippen LogP contribution in [-0.2, 0) is 22.5 Å². The topological polar surface area (TPSA) is 130 Å². The summed E-state index contributed by atoms with van der Waals surface area (Å²) in [5, 5.41) is 29.6. The summed E-state index contributed by atoms with van der Waals surface area (Å²) in [6.45, 7) is 6.92. The van der Waals surface area contributed by atoms with Crippen molar-refractivity contribution in [2.75, 3.05) is 45.9 Å². The molecule has 4 heterocycles. The molecule has 13 heteroatoms. The molecule has 1 amide bonds. The second-order valence-corrected chi connectivity index (χ2v) is 14.5. The zero-order chi connectivity index (χ0) is 32.3. The third-order valence-electron chi connectivity index (χ3n) is 9.05. The van der Waals surface area contributed by atoms with Gasteiger partial charge in [0.2, 0.25) is 0 Å². The number of thioether (sulfide) groups is 1. The van der Waals surface area contributed by atoms with Gasteiger partial charge in [-0.1, -0.05) is 36.8 Å².